The van der Waals surface area contributed by atoms with E-state index in [2.05, 4.69) is 35.1 Å². The van der Waals surface area contributed by atoms with E-state index >= 15 is 0 Å². The van der Waals surface area contributed by atoms with Gasteiger partial charge in [0.15, 0.2) is 6.23 Å². The second kappa shape index (κ2) is 29.1. The molecular weight excluding hydrogens is 668 g/mol. The van der Waals surface area contributed by atoms with Crippen molar-refractivity contribution < 1.29 is 44.3 Å². The number of aliphatic hydroxyl groups excluding tert-OH is 4. The van der Waals surface area contributed by atoms with Gasteiger partial charge >= 0.3 is 0 Å². The van der Waals surface area contributed by atoms with Gasteiger partial charge in [-0.25, -0.2) is 0 Å². The Balaban J connectivity index is 2.80. The van der Waals surface area contributed by atoms with Crippen LogP contribution in [0, 0.1) is 0 Å². The molecule has 1 heterocycles. The fourth-order valence-corrected chi connectivity index (χ4v) is 6.59. The van der Waals surface area contributed by atoms with Gasteiger partial charge in [-0.05, 0) is 19.8 Å². The van der Waals surface area contributed by atoms with Gasteiger partial charge in [-0.3, -0.25) is 19.2 Å². The Morgan fingerprint density at radius 1 is 0.558 bits per heavy atom. The Kier molecular flexibility index (Phi) is 26.7. The van der Waals surface area contributed by atoms with Crippen LogP contribution in [0.5, 0.6) is 0 Å². The molecule has 304 valence electrons. The molecule has 0 aromatic carbocycles. The molecule has 0 aromatic heterocycles. The van der Waals surface area contributed by atoms with Crippen LogP contribution in [0.2, 0.25) is 0 Å². The van der Waals surface area contributed by atoms with Crippen molar-refractivity contribution in [2.24, 2.45) is 0 Å². The first kappa shape index (κ1) is 47.7. The summed E-state index contributed by atoms with van der Waals surface area (Å²) >= 11 is 0. The molecule has 8 atom stereocenters. The summed E-state index contributed by atoms with van der Waals surface area (Å²) in [6.45, 7) is 6.56. The van der Waals surface area contributed by atoms with Crippen molar-refractivity contribution in [2.45, 2.75) is 218 Å². The summed E-state index contributed by atoms with van der Waals surface area (Å²) in [5, 5.41) is 50.5. The van der Waals surface area contributed by atoms with Crippen molar-refractivity contribution in [2.75, 3.05) is 6.61 Å². The van der Waals surface area contributed by atoms with E-state index in [0.29, 0.717) is 19.3 Å². The molecule has 1 unspecified atom stereocenters. The monoisotopic (exact) mass is 743 g/mol. The van der Waals surface area contributed by atoms with Crippen molar-refractivity contribution in [3.05, 3.63) is 0 Å². The molecule has 13 heteroatoms. The van der Waals surface area contributed by atoms with Gasteiger partial charge in [-0.2, -0.15) is 0 Å². The van der Waals surface area contributed by atoms with Crippen LogP contribution in [0.1, 0.15) is 169 Å². The topological polar surface area (TPSA) is 207 Å². The molecule has 52 heavy (non-hydrogen) atoms. The van der Waals surface area contributed by atoms with Crippen molar-refractivity contribution in [3.63, 3.8) is 0 Å². The standard InChI is InChI=1S/C39H74N4O9/c1-5-7-9-11-13-15-17-19-21-23-25-30(41-29(4)45)38(51)42-31(26-24-22-20-18-16-14-12-10-8-6-2)37(50)40-28(3)36(49)43-39-35(48)34(47)33(46)32(27-44)52-39/h28,30-35,39,44,46-48H,5-27H2,1-4H3,(H,40,50)(H,41,45)(H,42,51)(H,43,49)/t28?,30-,31-,32+,33+,34-,35+,39+/m0/s1. The van der Waals surface area contributed by atoms with E-state index in [1.54, 1.807) is 0 Å². The molecule has 0 bridgehead atoms. The first-order valence-electron chi connectivity index (χ1n) is 20.4. The van der Waals surface area contributed by atoms with Crippen LogP contribution < -0.4 is 21.3 Å². The molecule has 0 spiro atoms. The van der Waals surface area contributed by atoms with E-state index in [-0.39, 0.29) is 5.91 Å². The predicted octanol–water partition coefficient (Wildman–Crippen LogP) is 4.02. The third-order valence-electron chi connectivity index (χ3n) is 9.95. The van der Waals surface area contributed by atoms with Crippen LogP contribution in [-0.2, 0) is 23.9 Å². The maximum Gasteiger partial charge on any atom is 0.244 e. The second-order valence-corrected chi connectivity index (χ2v) is 14.7. The maximum atomic E-state index is 13.5. The lowest BCUT2D eigenvalue weighted by molar-refractivity contribution is -0.236. The number of ether oxygens (including phenoxy) is 1. The lowest BCUT2D eigenvalue weighted by atomic mass is 9.98. The number of nitrogens with one attached hydrogen (secondary N) is 4. The van der Waals surface area contributed by atoms with Crippen molar-refractivity contribution in [3.8, 4) is 0 Å². The first-order valence-corrected chi connectivity index (χ1v) is 20.4. The van der Waals surface area contributed by atoms with Gasteiger partial charge < -0.3 is 46.4 Å². The van der Waals surface area contributed by atoms with Crippen LogP contribution in [0.3, 0.4) is 0 Å². The Morgan fingerprint density at radius 3 is 1.38 bits per heavy atom. The van der Waals surface area contributed by atoms with Crippen molar-refractivity contribution in [1.29, 1.82) is 0 Å². The molecule has 0 aromatic rings. The number of carbonyl (C=O) groups is 4. The largest absolute Gasteiger partial charge is 0.394 e. The smallest absolute Gasteiger partial charge is 0.244 e. The molecule has 8 N–H and O–H groups in total. The number of amides is 4. The molecule has 13 nitrogen and oxygen atoms in total. The number of aliphatic hydroxyl groups is 4. The normalized spacial score (nSPS) is 21.9. The molecule has 0 radical (unpaired) electrons. The van der Waals surface area contributed by atoms with Crippen molar-refractivity contribution >= 4 is 23.6 Å². The minimum atomic E-state index is -1.67. The summed E-state index contributed by atoms with van der Waals surface area (Å²) in [4.78, 5) is 52.1. The molecule has 0 saturated carbocycles. The summed E-state index contributed by atoms with van der Waals surface area (Å²) < 4.78 is 5.36. The Hall–Kier alpha value is -2.32. The van der Waals surface area contributed by atoms with Crippen LogP contribution >= 0.6 is 0 Å². The highest BCUT2D eigenvalue weighted by atomic mass is 16.6. The predicted molar refractivity (Wildman–Crippen MR) is 202 cm³/mol. The average molecular weight is 743 g/mol. The lowest BCUT2D eigenvalue weighted by Gasteiger charge is -2.40. The average Bonchev–Trinajstić information content (AvgIpc) is 3.11. The number of hydrogen-bond acceptors (Lipinski definition) is 9. The zero-order chi connectivity index (χ0) is 38.7. The van der Waals surface area contributed by atoms with Crippen molar-refractivity contribution in [1.82, 2.24) is 21.3 Å². The van der Waals surface area contributed by atoms with E-state index in [0.717, 1.165) is 44.9 Å². The van der Waals surface area contributed by atoms with E-state index in [1.165, 1.54) is 90.9 Å². The first-order chi connectivity index (χ1) is 25.0. The Morgan fingerprint density at radius 2 is 0.962 bits per heavy atom. The van der Waals surface area contributed by atoms with Gasteiger partial charge in [-0.1, -0.05) is 142 Å². The number of carbonyl (C=O) groups excluding carboxylic acids is 4. The highest BCUT2D eigenvalue weighted by molar-refractivity contribution is 5.94. The zero-order valence-corrected chi connectivity index (χ0v) is 32.7. The lowest BCUT2D eigenvalue weighted by Crippen LogP contribution is -2.64. The Bertz CT molecular complexity index is 985. The molecule has 1 aliphatic rings. The minimum absolute atomic E-state index is 0.332. The van der Waals surface area contributed by atoms with Gasteiger partial charge in [0.2, 0.25) is 23.6 Å². The van der Waals surface area contributed by atoms with E-state index in [9.17, 15) is 39.6 Å². The summed E-state index contributed by atoms with van der Waals surface area (Å²) in [7, 11) is 0. The van der Waals surface area contributed by atoms with E-state index in [4.69, 9.17) is 4.74 Å². The summed E-state index contributed by atoms with van der Waals surface area (Å²) in [5.74, 6) is -2.08. The SMILES string of the molecule is CCCCCCCCCCCC[C@H](NC(C)=O)C(=O)N[C@@H](CCCCCCCCCCCC)C(=O)NC(C)C(=O)N[C@@H]1O[C@H](CO)[C@@H](O)[C@H](O)[C@H]1O. The van der Waals surface area contributed by atoms with Gasteiger partial charge in [0.1, 0.15) is 42.5 Å². The van der Waals surface area contributed by atoms with Gasteiger partial charge in [0.05, 0.1) is 6.61 Å². The van der Waals surface area contributed by atoms with Gasteiger partial charge in [-0.15, -0.1) is 0 Å². The third-order valence-corrected chi connectivity index (χ3v) is 9.95. The summed E-state index contributed by atoms with van der Waals surface area (Å²) in [5.41, 5.74) is 0. The molecule has 4 amide bonds. The molecule has 1 rings (SSSR count). The van der Waals surface area contributed by atoms with E-state index < -0.39 is 73.1 Å². The molecule has 0 aliphatic carbocycles. The second-order valence-electron chi connectivity index (χ2n) is 14.7. The zero-order valence-electron chi connectivity index (χ0n) is 32.7. The quantitative estimate of drug-likeness (QED) is 0.0500. The minimum Gasteiger partial charge on any atom is -0.394 e. The fourth-order valence-electron chi connectivity index (χ4n) is 6.59. The summed E-state index contributed by atoms with van der Waals surface area (Å²) in [6.07, 6.45) is 15.8. The van der Waals surface area contributed by atoms with Gasteiger partial charge in [0.25, 0.3) is 0 Å². The highest BCUT2D eigenvalue weighted by Gasteiger charge is 2.44. The third kappa shape index (κ3) is 20.2. The number of unbranched alkanes of at least 4 members (excludes halogenated alkanes) is 18. The van der Waals surface area contributed by atoms with Crippen LogP contribution in [0.25, 0.3) is 0 Å². The highest BCUT2D eigenvalue weighted by Crippen LogP contribution is 2.20. The Labute approximate surface area is 313 Å². The molecule has 1 aliphatic heterocycles. The molecular formula is C39H74N4O9. The van der Waals surface area contributed by atoms with E-state index in [1.807, 2.05) is 0 Å². The maximum absolute atomic E-state index is 13.5. The van der Waals surface area contributed by atoms with Crippen LogP contribution in [0.15, 0.2) is 0 Å². The number of rotatable bonds is 30. The number of hydrogen-bond donors (Lipinski definition) is 8. The van der Waals surface area contributed by atoms with Gasteiger partial charge in [0, 0.05) is 6.92 Å². The van der Waals surface area contributed by atoms with Crippen LogP contribution in [-0.4, -0.2) is 99.4 Å². The molecule has 1 fully saturated rings. The fraction of sp³-hybridized carbons (Fsp3) is 0.897. The van der Waals surface area contributed by atoms with Crippen LogP contribution in [0.4, 0.5) is 0 Å². The summed E-state index contributed by atoms with van der Waals surface area (Å²) in [6, 6.07) is -2.86. The molecule has 1 saturated heterocycles.